The number of aromatic nitrogens is 2. The number of nitrogens with zero attached hydrogens (tertiary/aromatic N) is 3. The Labute approximate surface area is 132 Å². The summed E-state index contributed by atoms with van der Waals surface area (Å²) >= 11 is 0. The summed E-state index contributed by atoms with van der Waals surface area (Å²) in [6.07, 6.45) is 4.73. The highest BCUT2D eigenvalue weighted by atomic mass is 16.2. The highest BCUT2D eigenvalue weighted by Gasteiger charge is 2.14. The third kappa shape index (κ3) is 5.33. The Morgan fingerprint density at radius 2 is 1.95 bits per heavy atom. The van der Waals surface area contributed by atoms with E-state index in [1.165, 1.54) is 5.56 Å². The van der Waals surface area contributed by atoms with Crippen molar-refractivity contribution in [3.05, 3.63) is 54.1 Å². The maximum Gasteiger partial charge on any atom is 0.223 e. The van der Waals surface area contributed by atoms with E-state index in [-0.39, 0.29) is 5.91 Å². The van der Waals surface area contributed by atoms with E-state index in [1.54, 1.807) is 12.5 Å². The highest BCUT2D eigenvalue weighted by molar-refractivity contribution is 5.76. The number of hydrogen-bond acceptors (Lipinski definition) is 3. The molecule has 0 aliphatic heterocycles. The first-order chi connectivity index (χ1) is 10.6. The number of nitrogens with one attached hydrogen (secondary N) is 1. The minimum absolute atomic E-state index is 0.181. The molecule has 0 radical (unpaired) electrons. The Bertz CT molecular complexity index is 551. The molecule has 5 heteroatoms. The van der Waals surface area contributed by atoms with Crippen LogP contribution in [0.25, 0.3) is 0 Å². The van der Waals surface area contributed by atoms with Gasteiger partial charge in [0.1, 0.15) is 0 Å². The molecule has 0 atom stereocenters. The lowest BCUT2D eigenvalue weighted by atomic mass is 10.1. The molecule has 0 spiro atoms. The molecule has 1 aromatic heterocycles. The van der Waals surface area contributed by atoms with Gasteiger partial charge < -0.3 is 14.8 Å². The van der Waals surface area contributed by atoms with E-state index < -0.39 is 0 Å². The summed E-state index contributed by atoms with van der Waals surface area (Å²) in [7, 11) is 4.03. The zero-order chi connectivity index (χ0) is 15.8. The van der Waals surface area contributed by atoms with Crippen LogP contribution in [-0.4, -0.2) is 52.9 Å². The molecule has 0 unspecified atom stereocenters. The van der Waals surface area contributed by atoms with Crippen LogP contribution in [-0.2, 0) is 17.8 Å². The van der Waals surface area contributed by atoms with Crippen LogP contribution in [0.2, 0.25) is 0 Å². The zero-order valence-electron chi connectivity index (χ0n) is 13.3. The monoisotopic (exact) mass is 300 g/mol. The summed E-state index contributed by atoms with van der Waals surface area (Å²) in [4.78, 5) is 23.6. The van der Waals surface area contributed by atoms with Crippen LogP contribution in [0.3, 0.4) is 0 Å². The average molecular weight is 300 g/mol. The lowest BCUT2D eigenvalue weighted by Crippen LogP contribution is -2.36. The van der Waals surface area contributed by atoms with Crippen molar-refractivity contribution in [2.45, 2.75) is 19.4 Å². The summed E-state index contributed by atoms with van der Waals surface area (Å²) in [5, 5.41) is 0. The normalized spacial score (nSPS) is 10.9. The van der Waals surface area contributed by atoms with Gasteiger partial charge in [0.2, 0.25) is 5.91 Å². The number of carbonyl (C=O) groups is 1. The maximum absolute atomic E-state index is 12.5. The molecule has 1 heterocycles. The zero-order valence-corrected chi connectivity index (χ0v) is 13.3. The fourth-order valence-corrected chi connectivity index (χ4v) is 2.24. The Kier molecular flexibility index (Phi) is 6.15. The van der Waals surface area contributed by atoms with E-state index in [4.69, 9.17) is 0 Å². The molecule has 2 aromatic rings. The Balaban J connectivity index is 1.92. The van der Waals surface area contributed by atoms with Crippen molar-refractivity contribution in [1.29, 1.82) is 0 Å². The van der Waals surface area contributed by atoms with Crippen LogP contribution in [0.15, 0.2) is 42.9 Å². The van der Waals surface area contributed by atoms with Crippen LogP contribution in [0.5, 0.6) is 0 Å². The molecule has 5 nitrogen and oxygen atoms in total. The molecule has 0 aliphatic carbocycles. The molecule has 0 saturated carbocycles. The third-order valence-corrected chi connectivity index (χ3v) is 3.56. The molecule has 1 N–H and O–H groups in total. The Morgan fingerprint density at radius 1 is 1.18 bits per heavy atom. The number of benzene rings is 1. The highest BCUT2D eigenvalue weighted by Crippen LogP contribution is 2.07. The van der Waals surface area contributed by atoms with E-state index in [9.17, 15) is 4.79 Å². The summed E-state index contributed by atoms with van der Waals surface area (Å²) < 4.78 is 0. The first-order valence-corrected chi connectivity index (χ1v) is 7.59. The lowest BCUT2D eigenvalue weighted by molar-refractivity contribution is -0.132. The molecule has 2 rings (SSSR count). The molecule has 118 valence electrons. The summed E-state index contributed by atoms with van der Waals surface area (Å²) in [5.41, 5.74) is 2.16. The fraction of sp³-hybridized carbons (Fsp3) is 0.412. The van der Waals surface area contributed by atoms with Gasteiger partial charge in [0.25, 0.3) is 0 Å². The van der Waals surface area contributed by atoms with Crippen molar-refractivity contribution < 1.29 is 4.79 Å². The maximum atomic E-state index is 12.5. The van der Waals surface area contributed by atoms with Crippen molar-refractivity contribution >= 4 is 5.91 Å². The fourth-order valence-electron chi connectivity index (χ4n) is 2.24. The van der Waals surface area contributed by atoms with Gasteiger partial charge in [-0.25, -0.2) is 4.98 Å². The predicted octanol–water partition coefficient (Wildman–Crippen LogP) is 1.93. The van der Waals surface area contributed by atoms with Gasteiger partial charge in [0.05, 0.1) is 18.6 Å². The van der Waals surface area contributed by atoms with Crippen molar-refractivity contribution in [2.75, 3.05) is 27.2 Å². The number of aromatic amines is 1. The standard InChI is InChI=1S/C17H24N4O/c1-20(2)10-11-21(13-16-12-18-14-19-16)17(22)9-8-15-6-4-3-5-7-15/h3-7,12,14H,8-11,13H2,1-2H3,(H,18,19). The largest absolute Gasteiger partial charge is 0.347 e. The molecule has 0 fully saturated rings. The molecule has 0 bridgehead atoms. The second-order valence-electron chi connectivity index (χ2n) is 5.68. The van der Waals surface area contributed by atoms with Crippen LogP contribution in [0.1, 0.15) is 17.7 Å². The number of H-pyrrole nitrogens is 1. The van der Waals surface area contributed by atoms with Crippen LogP contribution < -0.4 is 0 Å². The van der Waals surface area contributed by atoms with E-state index in [1.807, 2.05) is 37.2 Å². The molecule has 1 amide bonds. The summed E-state index contributed by atoms with van der Waals surface area (Å²) in [6, 6.07) is 10.1. The van der Waals surface area contributed by atoms with Gasteiger partial charge in [-0.2, -0.15) is 0 Å². The molecule has 0 aliphatic rings. The van der Waals surface area contributed by atoms with Crippen LogP contribution >= 0.6 is 0 Å². The van der Waals surface area contributed by atoms with E-state index in [0.717, 1.165) is 25.2 Å². The Hall–Kier alpha value is -2.14. The van der Waals surface area contributed by atoms with Gasteiger partial charge in [0, 0.05) is 25.7 Å². The quantitative estimate of drug-likeness (QED) is 0.810. The lowest BCUT2D eigenvalue weighted by Gasteiger charge is -2.24. The van der Waals surface area contributed by atoms with Crippen molar-refractivity contribution in [3.8, 4) is 0 Å². The third-order valence-electron chi connectivity index (χ3n) is 3.56. The second kappa shape index (κ2) is 8.34. The van der Waals surface area contributed by atoms with Crippen molar-refractivity contribution in [1.82, 2.24) is 19.8 Å². The van der Waals surface area contributed by atoms with Gasteiger partial charge in [-0.3, -0.25) is 4.79 Å². The number of carbonyl (C=O) groups excluding carboxylic acids is 1. The first-order valence-electron chi connectivity index (χ1n) is 7.59. The summed E-state index contributed by atoms with van der Waals surface area (Å²) in [6.45, 7) is 2.16. The second-order valence-corrected chi connectivity index (χ2v) is 5.68. The number of imidazole rings is 1. The first kappa shape index (κ1) is 16.2. The smallest absolute Gasteiger partial charge is 0.223 e. The average Bonchev–Trinajstić information content (AvgIpc) is 3.03. The minimum Gasteiger partial charge on any atom is -0.347 e. The van der Waals surface area contributed by atoms with Gasteiger partial charge in [-0.1, -0.05) is 30.3 Å². The van der Waals surface area contributed by atoms with Crippen LogP contribution in [0, 0.1) is 0 Å². The Morgan fingerprint density at radius 3 is 2.59 bits per heavy atom. The van der Waals surface area contributed by atoms with Gasteiger partial charge in [0.15, 0.2) is 0 Å². The SMILES string of the molecule is CN(C)CCN(Cc1cnc[nH]1)C(=O)CCc1ccccc1. The van der Waals surface area contributed by atoms with E-state index in [2.05, 4.69) is 27.0 Å². The number of amides is 1. The van der Waals surface area contributed by atoms with Crippen molar-refractivity contribution in [3.63, 3.8) is 0 Å². The molecule has 22 heavy (non-hydrogen) atoms. The predicted molar refractivity (Wildman–Crippen MR) is 87.3 cm³/mol. The molecule has 0 saturated heterocycles. The number of hydrogen-bond donors (Lipinski definition) is 1. The summed E-state index contributed by atoms with van der Waals surface area (Å²) in [5.74, 6) is 0.181. The van der Waals surface area contributed by atoms with E-state index >= 15 is 0 Å². The van der Waals surface area contributed by atoms with Crippen molar-refractivity contribution in [2.24, 2.45) is 0 Å². The number of likely N-dealkylation sites (N-methyl/N-ethyl adjacent to an activating group) is 1. The molecule has 1 aromatic carbocycles. The van der Waals surface area contributed by atoms with Crippen LogP contribution in [0.4, 0.5) is 0 Å². The van der Waals surface area contributed by atoms with Gasteiger partial charge >= 0.3 is 0 Å². The topological polar surface area (TPSA) is 52.2 Å². The minimum atomic E-state index is 0.181. The van der Waals surface area contributed by atoms with E-state index in [0.29, 0.717) is 13.0 Å². The van der Waals surface area contributed by atoms with Gasteiger partial charge in [-0.05, 0) is 26.1 Å². The van der Waals surface area contributed by atoms with Gasteiger partial charge in [-0.15, -0.1) is 0 Å². The molecular weight excluding hydrogens is 276 g/mol. The number of aryl methyl sites for hydroxylation is 1. The number of rotatable bonds is 8. The molecular formula is C17H24N4O.